The van der Waals surface area contributed by atoms with Gasteiger partial charge in [0.05, 0.1) is 11.8 Å². The number of pyridine rings is 1. The van der Waals surface area contributed by atoms with Crippen LogP contribution in [0.2, 0.25) is 0 Å². The number of rotatable bonds is 2. The molecule has 0 saturated carbocycles. The van der Waals surface area contributed by atoms with Gasteiger partial charge in [-0.3, -0.25) is 14.9 Å². The van der Waals surface area contributed by atoms with E-state index in [1.54, 1.807) is 18.5 Å². The largest absolute Gasteiger partial charge is 0.383 e. The number of nitrogens with zero attached hydrogens (tertiary/aromatic N) is 2. The molecule has 0 atom stereocenters. The Balaban J connectivity index is 2.21. The third-order valence-corrected chi connectivity index (χ3v) is 2.84. The molecule has 3 aromatic rings. The molecule has 0 aliphatic heterocycles. The summed E-state index contributed by atoms with van der Waals surface area (Å²) in [6.07, 6.45) is 4.81. The molecule has 3 N–H and O–H groups in total. The lowest BCUT2D eigenvalue weighted by Gasteiger charge is -2.04. The third-order valence-electron chi connectivity index (χ3n) is 2.84. The summed E-state index contributed by atoms with van der Waals surface area (Å²) < 4.78 is 0. The van der Waals surface area contributed by atoms with E-state index >= 15 is 0 Å². The van der Waals surface area contributed by atoms with Crippen molar-refractivity contribution in [2.45, 2.75) is 0 Å². The number of nitrogens with two attached hydrogens (primary N) is 1. The number of aromatic nitrogens is 3. The fraction of sp³-hybridized carbons (Fsp3) is 0. The lowest BCUT2D eigenvalue weighted by atomic mass is 10.00. The Labute approximate surface area is 103 Å². The molecule has 0 radical (unpaired) electrons. The molecule has 0 bridgehead atoms. The summed E-state index contributed by atoms with van der Waals surface area (Å²) in [7, 11) is 0. The molecule has 5 nitrogen and oxygen atoms in total. The van der Waals surface area contributed by atoms with Crippen molar-refractivity contribution in [3.05, 3.63) is 54.0 Å². The van der Waals surface area contributed by atoms with Crippen molar-refractivity contribution < 1.29 is 4.79 Å². The van der Waals surface area contributed by atoms with Crippen LogP contribution in [0.15, 0.2) is 42.9 Å². The highest BCUT2D eigenvalue weighted by Crippen LogP contribution is 2.21. The summed E-state index contributed by atoms with van der Waals surface area (Å²) >= 11 is 0. The lowest BCUT2D eigenvalue weighted by Crippen LogP contribution is -2.04. The minimum atomic E-state index is -0.153. The second-order valence-electron chi connectivity index (χ2n) is 3.93. The summed E-state index contributed by atoms with van der Waals surface area (Å²) in [5.74, 6) is 0.126. The first-order valence-electron chi connectivity index (χ1n) is 5.43. The van der Waals surface area contributed by atoms with Crippen molar-refractivity contribution in [3.63, 3.8) is 0 Å². The van der Waals surface area contributed by atoms with E-state index in [2.05, 4.69) is 15.2 Å². The molecule has 0 aliphatic rings. The molecule has 0 aliphatic carbocycles. The molecule has 0 saturated heterocycles. The minimum Gasteiger partial charge on any atom is -0.383 e. The van der Waals surface area contributed by atoms with Crippen LogP contribution in [0, 0.1) is 0 Å². The Morgan fingerprint density at radius 1 is 1.17 bits per heavy atom. The molecule has 0 fully saturated rings. The van der Waals surface area contributed by atoms with Crippen molar-refractivity contribution in [1.29, 1.82) is 0 Å². The highest BCUT2D eigenvalue weighted by atomic mass is 16.1. The monoisotopic (exact) mass is 238 g/mol. The van der Waals surface area contributed by atoms with Crippen LogP contribution >= 0.6 is 0 Å². The van der Waals surface area contributed by atoms with E-state index in [0.29, 0.717) is 11.1 Å². The van der Waals surface area contributed by atoms with Gasteiger partial charge in [0.25, 0.3) is 0 Å². The normalized spacial score (nSPS) is 10.7. The maximum absolute atomic E-state index is 12.4. The van der Waals surface area contributed by atoms with Crippen LogP contribution in [0.5, 0.6) is 0 Å². The van der Waals surface area contributed by atoms with Crippen LogP contribution in [0.4, 0.5) is 5.82 Å². The lowest BCUT2D eigenvalue weighted by molar-refractivity contribution is 0.104. The number of hydrogen-bond acceptors (Lipinski definition) is 4. The molecular formula is C13H10N4O. The van der Waals surface area contributed by atoms with E-state index in [0.717, 1.165) is 10.8 Å². The molecule has 5 heteroatoms. The molecule has 18 heavy (non-hydrogen) atoms. The standard InChI is InChI=1S/C13H10N4O/c14-13-11(7-16-17-13)12(18)9-3-1-2-8-4-5-15-6-10(8)9/h1-7H,(H3,14,16,17). The summed E-state index contributed by atoms with van der Waals surface area (Å²) in [6, 6.07) is 7.40. The second kappa shape index (κ2) is 3.96. The summed E-state index contributed by atoms with van der Waals surface area (Å²) in [5, 5.41) is 8.10. The van der Waals surface area contributed by atoms with Gasteiger partial charge in [0, 0.05) is 23.3 Å². The van der Waals surface area contributed by atoms with Gasteiger partial charge in [-0.1, -0.05) is 18.2 Å². The molecule has 0 unspecified atom stereocenters. The van der Waals surface area contributed by atoms with Crippen LogP contribution in [0.3, 0.4) is 0 Å². The highest BCUT2D eigenvalue weighted by Gasteiger charge is 2.16. The number of nitrogen functional groups attached to an aromatic ring is 1. The molecule has 1 aromatic carbocycles. The third kappa shape index (κ3) is 1.53. The van der Waals surface area contributed by atoms with E-state index in [-0.39, 0.29) is 11.6 Å². The maximum Gasteiger partial charge on any atom is 0.199 e. The Bertz CT molecular complexity index is 727. The molecule has 0 amide bonds. The number of carbonyl (C=O) groups excluding carboxylic acids is 1. The summed E-state index contributed by atoms with van der Waals surface area (Å²) in [5.41, 5.74) is 6.63. The van der Waals surface area contributed by atoms with Gasteiger partial charge < -0.3 is 5.73 Å². The zero-order valence-corrected chi connectivity index (χ0v) is 9.42. The second-order valence-corrected chi connectivity index (χ2v) is 3.93. The summed E-state index contributed by atoms with van der Waals surface area (Å²) in [4.78, 5) is 16.4. The number of aromatic amines is 1. The Morgan fingerprint density at radius 3 is 2.83 bits per heavy atom. The zero-order valence-electron chi connectivity index (χ0n) is 9.42. The maximum atomic E-state index is 12.4. The molecule has 88 valence electrons. The Hall–Kier alpha value is -2.69. The first-order chi connectivity index (χ1) is 8.77. The van der Waals surface area contributed by atoms with Crippen LogP contribution in [-0.2, 0) is 0 Å². The smallest absolute Gasteiger partial charge is 0.199 e. The number of fused-ring (bicyclic) bond motifs is 1. The zero-order chi connectivity index (χ0) is 12.5. The Kier molecular flexibility index (Phi) is 2.30. The number of ketones is 1. The number of nitrogens with one attached hydrogen (secondary N) is 1. The predicted octanol–water partition coefficient (Wildman–Crippen LogP) is 1.77. The number of hydrogen-bond donors (Lipinski definition) is 2. The van der Waals surface area contributed by atoms with Crippen LogP contribution in [0.1, 0.15) is 15.9 Å². The van der Waals surface area contributed by atoms with E-state index in [9.17, 15) is 4.79 Å². The fourth-order valence-electron chi connectivity index (χ4n) is 1.93. The molecule has 0 spiro atoms. The van der Waals surface area contributed by atoms with Gasteiger partial charge in [0.1, 0.15) is 5.82 Å². The molecule has 2 aromatic heterocycles. The van der Waals surface area contributed by atoms with Gasteiger partial charge >= 0.3 is 0 Å². The van der Waals surface area contributed by atoms with E-state index < -0.39 is 0 Å². The van der Waals surface area contributed by atoms with Crippen LogP contribution in [0.25, 0.3) is 10.8 Å². The topological polar surface area (TPSA) is 84.7 Å². The number of H-pyrrole nitrogens is 1. The first-order valence-corrected chi connectivity index (χ1v) is 5.43. The van der Waals surface area contributed by atoms with E-state index in [1.165, 1.54) is 6.20 Å². The van der Waals surface area contributed by atoms with Crippen molar-refractivity contribution in [1.82, 2.24) is 15.2 Å². The van der Waals surface area contributed by atoms with Crippen molar-refractivity contribution in [3.8, 4) is 0 Å². The quantitative estimate of drug-likeness (QED) is 0.666. The highest BCUT2D eigenvalue weighted by molar-refractivity contribution is 6.17. The van der Waals surface area contributed by atoms with Gasteiger partial charge in [-0.25, -0.2) is 0 Å². The molecular weight excluding hydrogens is 228 g/mol. The van der Waals surface area contributed by atoms with Crippen LogP contribution in [-0.4, -0.2) is 21.0 Å². The van der Waals surface area contributed by atoms with Gasteiger partial charge in [0.15, 0.2) is 5.78 Å². The predicted molar refractivity (Wildman–Crippen MR) is 68.2 cm³/mol. The van der Waals surface area contributed by atoms with E-state index in [1.807, 2.05) is 18.2 Å². The summed E-state index contributed by atoms with van der Waals surface area (Å²) in [6.45, 7) is 0. The van der Waals surface area contributed by atoms with Gasteiger partial charge in [-0.2, -0.15) is 5.10 Å². The van der Waals surface area contributed by atoms with E-state index in [4.69, 9.17) is 5.73 Å². The first kappa shape index (κ1) is 10.5. The SMILES string of the molecule is Nc1[nH]ncc1C(=O)c1cccc2ccncc12. The van der Waals surface area contributed by atoms with Crippen molar-refractivity contribution in [2.75, 3.05) is 5.73 Å². The Morgan fingerprint density at radius 2 is 2.06 bits per heavy atom. The minimum absolute atomic E-state index is 0.153. The van der Waals surface area contributed by atoms with Gasteiger partial charge in [-0.05, 0) is 11.5 Å². The van der Waals surface area contributed by atoms with Crippen molar-refractivity contribution >= 4 is 22.4 Å². The fourth-order valence-corrected chi connectivity index (χ4v) is 1.93. The average molecular weight is 238 g/mol. The van der Waals surface area contributed by atoms with Crippen LogP contribution < -0.4 is 5.73 Å². The molecule has 3 rings (SSSR count). The number of anilines is 1. The average Bonchev–Trinajstić information content (AvgIpc) is 2.83. The number of carbonyl (C=O) groups is 1. The number of benzene rings is 1. The van der Waals surface area contributed by atoms with Crippen molar-refractivity contribution in [2.24, 2.45) is 0 Å². The van der Waals surface area contributed by atoms with Gasteiger partial charge in [0.2, 0.25) is 0 Å². The molecule has 2 heterocycles. The van der Waals surface area contributed by atoms with Gasteiger partial charge in [-0.15, -0.1) is 0 Å².